The first-order valence-corrected chi connectivity index (χ1v) is 8.05. The smallest absolute Gasteiger partial charge is 0.237 e. The summed E-state index contributed by atoms with van der Waals surface area (Å²) in [6.07, 6.45) is 0.702. The van der Waals surface area contributed by atoms with Gasteiger partial charge in [-0.05, 0) is 38.0 Å². The van der Waals surface area contributed by atoms with Crippen LogP contribution in [0, 0.1) is 13.8 Å². The first-order chi connectivity index (χ1) is 10.4. The number of nitrogens with one attached hydrogen (secondary N) is 1. The van der Waals surface area contributed by atoms with Gasteiger partial charge in [-0.2, -0.15) is 0 Å². The number of benzene rings is 1. The number of rotatable bonds is 5. The average Bonchev–Trinajstić information content (AvgIpc) is 2.84. The van der Waals surface area contributed by atoms with E-state index in [1.165, 1.54) is 16.4 Å². The van der Waals surface area contributed by atoms with E-state index in [-0.39, 0.29) is 11.2 Å². The summed E-state index contributed by atoms with van der Waals surface area (Å²) in [7, 11) is 0. The van der Waals surface area contributed by atoms with Crippen molar-refractivity contribution in [3.63, 3.8) is 0 Å². The second kappa shape index (κ2) is 6.83. The Morgan fingerprint density at radius 2 is 2.14 bits per heavy atom. The van der Waals surface area contributed by atoms with Gasteiger partial charge in [0.25, 0.3) is 0 Å². The van der Waals surface area contributed by atoms with E-state index in [1.807, 2.05) is 45.9 Å². The Bertz CT molecular complexity index is 683. The number of carbonyl (C=O) groups is 1. The highest BCUT2D eigenvalue weighted by molar-refractivity contribution is 8.00. The predicted octanol–water partition coefficient (Wildman–Crippen LogP) is 2.29. The van der Waals surface area contributed by atoms with Crippen LogP contribution in [0.15, 0.2) is 23.4 Å². The van der Waals surface area contributed by atoms with Crippen LogP contribution in [-0.2, 0) is 11.2 Å². The average molecular weight is 319 g/mol. The Kier molecular flexibility index (Phi) is 5.07. The molecule has 2 aromatic rings. The highest BCUT2D eigenvalue weighted by Gasteiger charge is 2.19. The topological polar surface area (TPSA) is 85.8 Å². The van der Waals surface area contributed by atoms with Gasteiger partial charge in [-0.1, -0.05) is 30.8 Å². The van der Waals surface area contributed by atoms with Gasteiger partial charge in [-0.25, -0.2) is 4.68 Å². The zero-order valence-corrected chi connectivity index (χ0v) is 14.1. The van der Waals surface area contributed by atoms with Crippen LogP contribution in [0.1, 0.15) is 30.8 Å². The highest BCUT2D eigenvalue weighted by Crippen LogP contribution is 2.23. The molecule has 0 bridgehead atoms. The van der Waals surface area contributed by atoms with Gasteiger partial charge in [0.1, 0.15) is 0 Å². The number of hydrogen-bond donors (Lipinski definition) is 2. The second-order valence-electron chi connectivity index (χ2n) is 5.12. The Morgan fingerprint density at radius 3 is 2.77 bits per heavy atom. The molecule has 0 aliphatic rings. The van der Waals surface area contributed by atoms with Crippen molar-refractivity contribution in [2.45, 2.75) is 44.5 Å². The summed E-state index contributed by atoms with van der Waals surface area (Å²) in [5.74, 6) is 6.51. The van der Waals surface area contributed by atoms with Crippen LogP contribution in [0.4, 0.5) is 5.69 Å². The van der Waals surface area contributed by atoms with E-state index in [1.54, 1.807) is 0 Å². The SMILES string of the molecule is CCc1nnc(S[C@@H](C)C(=O)Nc2cccc(C)c2C)n1N. The van der Waals surface area contributed by atoms with Gasteiger partial charge in [-0.15, -0.1) is 10.2 Å². The van der Waals surface area contributed by atoms with Gasteiger partial charge in [-0.3, -0.25) is 4.79 Å². The van der Waals surface area contributed by atoms with Crippen molar-refractivity contribution >= 4 is 23.4 Å². The summed E-state index contributed by atoms with van der Waals surface area (Å²) >= 11 is 1.30. The molecule has 1 atom stereocenters. The number of hydrogen-bond acceptors (Lipinski definition) is 5. The van der Waals surface area contributed by atoms with Crippen molar-refractivity contribution in [1.29, 1.82) is 0 Å². The lowest BCUT2D eigenvalue weighted by Crippen LogP contribution is -2.24. The summed E-state index contributed by atoms with van der Waals surface area (Å²) in [4.78, 5) is 12.3. The molecule has 2 rings (SSSR count). The predicted molar refractivity (Wildman–Crippen MR) is 89.4 cm³/mol. The molecule has 7 heteroatoms. The van der Waals surface area contributed by atoms with Gasteiger partial charge < -0.3 is 11.2 Å². The number of aromatic nitrogens is 3. The third kappa shape index (κ3) is 3.41. The fraction of sp³-hybridized carbons (Fsp3) is 0.400. The maximum absolute atomic E-state index is 12.3. The van der Waals surface area contributed by atoms with E-state index in [2.05, 4.69) is 15.5 Å². The fourth-order valence-electron chi connectivity index (χ4n) is 1.96. The molecule has 1 aromatic carbocycles. The lowest BCUT2D eigenvalue weighted by atomic mass is 10.1. The highest BCUT2D eigenvalue weighted by atomic mass is 32.2. The third-order valence-electron chi connectivity index (χ3n) is 3.57. The van der Waals surface area contributed by atoms with Crippen molar-refractivity contribution in [2.75, 3.05) is 11.2 Å². The van der Waals surface area contributed by atoms with Crippen LogP contribution in [-0.4, -0.2) is 26.0 Å². The third-order valence-corrected chi connectivity index (χ3v) is 4.62. The minimum atomic E-state index is -0.323. The normalized spacial score (nSPS) is 12.2. The summed E-state index contributed by atoms with van der Waals surface area (Å²) < 4.78 is 1.44. The van der Waals surface area contributed by atoms with Crippen LogP contribution in [0.25, 0.3) is 0 Å². The van der Waals surface area contributed by atoms with Crippen molar-refractivity contribution < 1.29 is 4.79 Å². The van der Waals surface area contributed by atoms with Crippen LogP contribution in [0.3, 0.4) is 0 Å². The Hall–Kier alpha value is -2.02. The standard InChI is InChI=1S/C15H21N5OS/c1-5-13-18-19-15(20(13)16)22-11(4)14(21)17-12-8-6-7-9(2)10(12)3/h6-8,11H,5,16H2,1-4H3,(H,17,21)/t11-/m0/s1. The summed E-state index contributed by atoms with van der Waals surface area (Å²) in [5, 5.41) is 11.2. The molecule has 6 nitrogen and oxygen atoms in total. The molecule has 0 radical (unpaired) electrons. The number of thioether (sulfide) groups is 1. The minimum absolute atomic E-state index is 0.0836. The summed E-state index contributed by atoms with van der Waals surface area (Å²) in [6.45, 7) is 7.79. The molecule has 1 amide bonds. The summed E-state index contributed by atoms with van der Waals surface area (Å²) in [6, 6.07) is 5.85. The Morgan fingerprint density at radius 1 is 1.41 bits per heavy atom. The number of aryl methyl sites for hydroxylation is 2. The number of nitrogens with two attached hydrogens (primary N) is 1. The van der Waals surface area contributed by atoms with Crippen molar-refractivity contribution in [3.8, 4) is 0 Å². The zero-order chi connectivity index (χ0) is 16.3. The molecule has 3 N–H and O–H groups in total. The molecule has 1 aromatic heterocycles. The first-order valence-electron chi connectivity index (χ1n) is 7.17. The van der Waals surface area contributed by atoms with Gasteiger partial charge in [0.2, 0.25) is 11.1 Å². The van der Waals surface area contributed by atoms with Gasteiger partial charge >= 0.3 is 0 Å². The largest absolute Gasteiger partial charge is 0.336 e. The molecular weight excluding hydrogens is 298 g/mol. The quantitative estimate of drug-likeness (QED) is 0.652. The molecule has 0 saturated heterocycles. The molecule has 118 valence electrons. The lowest BCUT2D eigenvalue weighted by Gasteiger charge is -2.14. The van der Waals surface area contributed by atoms with E-state index in [0.29, 0.717) is 17.4 Å². The maximum Gasteiger partial charge on any atom is 0.237 e. The number of amides is 1. The molecule has 0 aliphatic carbocycles. The molecule has 0 saturated carbocycles. The van der Waals surface area contributed by atoms with Crippen LogP contribution in [0.5, 0.6) is 0 Å². The van der Waals surface area contributed by atoms with Crippen LogP contribution in [0.2, 0.25) is 0 Å². The fourth-order valence-corrected chi connectivity index (χ4v) is 2.75. The van der Waals surface area contributed by atoms with Crippen molar-refractivity contribution in [3.05, 3.63) is 35.2 Å². The Balaban J connectivity index is 2.06. The minimum Gasteiger partial charge on any atom is -0.336 e. The molecular formula is C15H21N5OS. The lowest BCUT2D eigenvalue weighted by molar-refractivity contribution is -0.115. The maximum atomic E-state index is 12.3. The number of carbonyl (C=O) groups excluding carboxylic acids is 1. The van der Waals surface area contributed by atoms with Gasteiger partial charge in [0.05, 0.1) is 5.25 Å². The van der Waals surface area contributed by atoms with Gasteiger partial charge in [0.15, 0.2) is 5.82 Å². The molecule has 0 fully saturated rings. The number of nitrogen functional groups attached to an aromatic ring is 1. The van der Waals surface area contributed by atoms with E-state index < -0.39 is 0 Å². The van der Waals surface area contributed by atoms with E-state index in [0.717, 1.165) is 16.8 Å². The van der Waals surface area contributed by atoms with Crippen molar-refractivity contribution in [2.24, 2.45) is 0 Å². The number of nitrogens with zero attached hydrogens (tertiary/aromatic N) is 3. The number of anilines is 1. The molecule has 0 unspecified atom stereocenters. The van der Waals surface area contributed by atoms with Crippen molar-refractivity contribution in [1.82, 2.24) is 14.9 Å². The van der Waals surface area contributed by atoms with Gasteiger partial charge in [0, 0.05) is 12.1 Å². The monoisotopic (exact) mass is 319 g/mol. The molecule has 0 spiro atoms. The first kappa shape index (κ1) is 16.4. The van der Waals surface area contributed by atoms with E-state index in [4.69, 9.17) is 5.84 Å². The second-order valence-corrected chi connectivity index (χ2v) is 6.43. The molecule has 0 aliphatic heterocycles. The van der Waals surface area contributed by atoms with E-state index >= 15 is 0 Å². The summed E-state index contributed by atoms with van der Waals surface area (Å²) in [5.41, 5.74) is 3.05. The molecule has 1 heterocycles. The van der Waals surface area contributed by atoms with E-state index in [9.17, 15) is 4.79 Å². The molecule has 22 heavy (non-hydrogen) atoms. The zero-order valence-electron chi connectivity index (χ0n) is 13.3. The van der Waals surface area contributed by atoms with Crippen LogP contribution >= 0.6 is 11.8 Å². The Labute approximate surface area is 134 Å². The van der Waals surface area contributed by atoms with Crippen LogP contribution < -0.4 is 11.2 Å².